The molecule has 38 nitrogen and oxygen atoms in total. The van der Waals surface area contributed by atoms with Crippen molar-refractivity contribution in [2.45, 2.75) is 192 Å². The van der Waals surface area contributed by atoms with Gasteiger partial charge in [-0.15, -0.1) is 0 Å². The maximum atomic E-state index is 10.6. The van der Waals surface area contributed by atoms with Crippen molar-refractivity contribution in [2.75, 3.05) is 31.7 Å². The Labute approximate surface area is 632 Å². The van der Waals surface area contributed by atoms with E-state index in [1.54, 1.807) is 37.7 Å². The molecule has 1 aromatic heterocycles. The minimum Gasteiger partial charge on any atom is -0.508 e. The summed E-state index contributed by atoms with van der Waals surface area (Å²) in [4.78, 5) is 115. The van der Waals surface area contributed by atoms with E-state index in [0.29, 0.717) is 44.6 Å². The fourth-order valence-electron chi connectivity index (χ4n) is 7.12. The fraction of sp³-hybridized carbons (Fsp3) is 0.551. The van der Waals surface area contributed by atoms with Gasteiger partial charge in [-0.25, -0.2) is 0 Å². The van der Waals surface area contributed by atoms with Crippen molar-refractivity contribution in [1.29, 1.82) is 0 Å². The van der Waals surface area contributed by atoms with E-state index in [9.17, 15) is 52.7 Å². The standard InChI is InChI=1S/C11H12N2O2.C9H11NO3.C9H11NO2.C6H14N2O2.2C6H13NO2.C5H11NO2S.C5H9NO2.C5H11NO2.C4H9NO3.C3H7NO3/c12-9(11(14)15)5-7-6-13-10-4-2-1-3-8(7)10;10-8(9(12)13)5-6-1-3-7(11)4-2-6;10-8(9(11)12)6-7-4-2-1-3-5-7;7-4-2-1-3-5(8)6(9)10;1-4(2)3-5(7)6(8)9;1-3-4(2)5(7)6(8)9;1-9-3-2-4(6)5(7)8;7-5(8)4-2-1-3-6-4;1-3(2)4(6)5(7)8;1-2(6)3(5)4(7)8;4-2(1-5)3(6)7/h1-4,6,9,13H,5,12H2,(H,14,15);1-4,8,11H,5,10H2,(H,12,13);1-5,8H,6,10H2,(H,11,12);5H,1-4,7-8H2,(H,9,10);2*4-5H,3,7H2,1-2H3,(H,8,9);4H,2-3,6H2,1H3,(H,7,8);4,6H,1-3H2,(H,7,8);3-4H,6H2,1-2H3,(H,7,8);2-3,6H,5H2,1H3,(H,7,8);2,5H,1,4H2,(H,6,7)/t9-;2*8-;2*5-;4-,5-;3*4-;2-,3+;2-/m00000000010/s1. The van der Waals surface area contributed by atoms with Gasteiger partial charge >= 0.3 is 65.7 Å². The van der Waals surface area contributed by atoms with Crippen molar-refractivity contribution in [2.24, 2.45) is 80.8 Å². The average molecular weight is 1560 g/mol. The quantitative estimate of drug-likeness (QED) is 0.0288. The molecule has 38 N–H and O–H groups in total. The van der Waals surface area contributed by atoms with E-state index in [1.807, 2.05) is 94.7 Å². The highest BCUT2D eigenvalue weighted by Crippen LogP contribution is 2.19. The summed E-state index contributed by atoms with van der Waals surface area (Å²) in [5, 5.41) is 121. The largest absolute Gasteiger partial charge is 0.508 e. The Bertz CT molecular complexity index is 3090. The molecule has 1 aliphatic rings. The summed E-state index contributed by atoms with van der Waals surface area (Å²) in [6.45, 7) is 13.5. The second-order valence-electron chi connectivity index (χ2n) is 24.6. The van der Waals surface area contributed by atoms with Gasteiger partial charge in [-0.2, -0.15) is 11.8 Å². The summed E-state index contributed by atoms with van der Waals surface area (Å²) in [6.07, 6.45) is 9.63. The molecule has 1 aliphatic heterocycles. The zero-order valence-electron chi connectivity index (χ0n) is 62.4. The van der Waals surface area contributed by atoms with Crippen molar-refractivity contribution in [3.05, 3.63) is 102 Å². The third-order valence-corrected chi connectivity index (χ3v) is 14.9. The highest BCUT2D eigenvalue weighted by Gasteiger charge is 2.22. The number of aliphatic hydroxyl groups is 2. The molecule has 3 aromatic carbocycles. The summed E-state index contributed by atoms with van der Waals surface area (Å²) < 4.78 is 0. The third-order valence-electron chi connectivity index (χ3n) is 14.3. The second kappa shape index (κ2) is 65.1. The number of carbonyl (C=O) groups is 11. The Morgan fingerprint density at radius 1 is 0.500 bits per heavy atom. The number of nitrogens with two attached hydrogens (primary N) is 11. The van der Waals surface area contributed by atoms with Gasteiger partial charge in [0.15, 0.2) is 0 Å². The molecule has 0 aliphatic carbocycles. The van der Waals surface area contributed by atoms with Crippen molar-refractivity contribution in [1.82, 2.24) is 10.3 Å². The SMILES string of the molecule is CC(C)C[C@H](N)C(=O)O.CC(C)[C@H](N)C(=O)O.CC[C@H](C)[C@H](N)C(=O)O.CSCC[C@H](N)C(=O)O.C[C@@H](O)[C@H](N)C(=O)O.NCCCC[C@H](N)C(=O)O.N[C@@H](CO)C(=O)O.N[C@@H](Cc1c[nH]c2ccccc12)C(=O)O.N[C@@H](Cc1ccc(O)cc1)C(=O)O.N[C@@H](Cc1ccccc1)C(=O)O.O=C(O)[C@@H]1CCCN1. The topological polar surface area (TPSA) is 785 Å². The van der Waals surface area contributed by atoms with Crippen molar-refractivity contribution < 1.29 is 124 Å². The lowest BCUT2D eigenvalue weighted by atomic mass is 10.0. The second-order valence-corrected chi connectivity index (χ2v) is 25.6. The highest BCUT2D eigenvalue weighted by atomic mass is 32.2. The number of thioether (sulfide) groups is 1. The maximum absolute atomic E-state index is 10.6. The first kappa shape index (κ1) is 110. The summed E-state index contributed by atoms with van der Waals surface area (Å²) in [5.41, 5.74) is 60.8. The van der Waals surface area contributed by atoms with Gasteiger partial charge in [0, 0.05) is 23.5 Å². The smallest absolute Gasteiger partial charge is 0.323 e. The molecular weight excluding hydrogens is 1440 g/mol. The number of phenolic OH excluding ortho intramolecular Hbond substituents is 1. The number of nitrogens with one attached hydrogen (secondary N) is 2. The summed E-state index contributed by atoms with van der Waals surface area (Å²) in [6, 6.07) is 14.8. The Hall–Kier alpha value is -9.04. The lowest BCUT2D eigenvalue weighted by Gasteiger charge is -2.11. The Morgan fingerprint density at radius 2 is 0.917 bits per heavy atom. The number of H-pyrrole nitrogens is 1. The lowest BCUT2D eigenvalue weighted by molar-refractivity contribution is -0.141. The lowest BCUT2D eigenvalue weighted by Crippen LogP contribution is -2.39. The number of rotatable bonds is 31. The Morgan fingerprint density at radius 3 is 1.21 bits per heavy atom. The van der Waals surface area contributed by atoms with Gasteiger partial charge in [0.1, 0.15) is 72.2 Å². The number of carboxylic acids is 11. The predicted molar refractivity (Wildman–Crippen MR) is 407 cm³/mol. The zero-order chi connectivity index (χ0) is 85.1. The molecule has 0 radical (unpaired) electrons. The number of fused-ring (bicyclic) bond motifs is 1. The van der Waals surface area contributed by atoms with Crippen LogP contribution < -0.4 is 68.4 Å². The molecule has 4 aromatic rings. The van der Waals surface area contributed by atoms with Crippen LogP contribution in [0.25, 0.3) is 10.9 Å². The highest BCUT2D eigenvalue weighted by molar-refractivity contribution is 7.98. The van der Waals surface area contributed by atoms with E-state index >= 15 is 0 Å². The molecular formula is C69H121N13O25S. The number of aromatic amines is 1. The fourth-order valence-corrected chi connectivity index (χ4v) is 7.61. The van der Waals surface area contributed by atoms with E-state index in [-0.39, 0.29) is 30.0 Å². The number of para-hydroxylation sites is 1. The van der Waals surface area contributed by atoms with Gasteiger partial charge in [-0.3, -0.25) is 52.7 Å². The molecule has 13 atom stereocenters. The molecule has 0 amide bonds. The van der Waals surface area contributed by atoms with Crippen LogP contribution in [0.2, 0.25) is 0 Å². The molecule has 108 heavy (non-hydrogen) atoms. The average Bonchev–Trinajstić information content (AvgIpc) is 1.70. The molecule has 5 rings (SSSR count). The minimum atomic E-state index is -1.18. The van der Waals surface area contributed by atoms with Crippen LogP contribution in [-0.4, -0.2) is 246 Å². The maximum Gasteiger partial charge on any atom is 0.323 e. The van der Waals surface area contributed by atoms with E-state index in [0.717, 1.165) is 72.0 Å². The van der Waals surface area contributed by atoms with E-state index < -0.39 is 139 Å². The zero-order valence-corrected chi connectivity index (χ0v) is 63.2. The number of phenols is 1. The van der Waals surface area contributed by atoms with Crippen LogP contribution in [0.3, 0.4) is 0 Å². The predicted octanol–water partition coefficient (Wildman–Crippen LogP) is -0.276. The Balaban J connectivity index is -0.000000267. The molecule has 0 unspecified atom stereocenters. The normalized spacial score (nSPS) is 14.8. The van der Waals surface area contributed by atoms with Gasteiger partial charge in [0.05, 0.1) is 12.7 Å². The van der Waals surface area contributed by atoms with Gasteiger partial charge in [-0.1, -0.05) is 115 Å². The molecule has 2 heterocycles. The van der Waals surface area contributed by atoms with Gasteiger partial charge < -0.3 is 145 Å². The summed E-state index contributed by atoms with van der Waals surface area (Å²) >= 11 is 1.60. The number of aliphatic carboxylic acids is 11. The molecule has 1 saturated heterocycles. The van der Waals surface area contributed by atoms with Crippen molar-refractivity contribution in [3.63, 3.8) is 0 Å². The summed E-state index contributed by atoms with van der Waals surface area (Å²) in [7, 11) is 0. The van der Waals surface area contributed by atoms with Crippen LogP contribution in [0.4, 0.5) is 0 Å². The molecule has 39 heteroatoms. The number of carboxylic acid groups (broad SMARTS) is 11. The number of hydrogen-bond acceptors (Lipinski definition) is 27. The van der Waals surface area contributed by atoms with Crippen molar-refractivity contribution >= 4 is 88.3 Å². The molecule has 1 fully saturated rings. The van der Waals surface area contributed by atoms with E-state index in [4.69, 9.17) is 135 Å². The van der Waals surface area contributed by atoms with Crippen LogP contribution in [-0.2, 0) is 72.0 Å². The number of benzene rings is 3. The summed E-state index contributed by atoms with van der Waals surface area (Å²) in [5.74, 6) is -9.21. The first-order valence-electron chi connectivity index (χ1n) is 33.7. The molecule has 0 bridgehead atoms. The van der Waals surface area contributed by atoms with Crippen LogP contribution >= 0.6 is 11.8 Å². The third kappa shape index (κ3) is 61.0. The van der Waals surface area contributed by atoms with Crippen LogP contribution in [0, 0.1) is 17.8 Å². The molecule has 0 saturated carbocycles. The first-order chi connectivity index (χ1) is 50.1. The van der Waals surface area contributed by atoms with Crippen molar-refractivity contribution in [3.8, 4) is 5.75 Å². The monoisotopic (exact) mass is 1560 g/mol. The number of unbranched alkanes of at least 4 members (excludes halogenated alkanes) is 1. The van der Waals surface area contributed by atoms with Gasteiger partial charge in [-0.05, 0) is 136 Å². The van der Waals surface area contributed by atoms with E-state index in [1.165, 1.54) is 19.1 Å². The number of aromatic nitrogens is 1. The van der Waals surface area contributed by atoms with E-state index in [2.05, 4.69) is 10.3 Å². The van der Waals surface area contributed by atoms with Crippen LogP contribution in [0.15, 0.2) is 85.1 Å². The number of aromatic hydroxyl groups is 1. The number of aliphatic hydroxyl groups excluding tert-OH is 2. The Kier molecular flexibility index (Phi) is 66.2. The number of hydrogen-bond donors (Lipinski definition) is 27. The molecule has 0 spiro atoms. The van der Waals surface area contributed by atoms with Gasteiger partial charge in [0.2, 0.25) is 0 Å². The van der Waals surface area contributed by atoms with Gasteiger partial charge in [0.25, 0.3) is 0 Å². The minimum absolute atomic E-state index is 0.0208. The van der Waals surface area contributed by atoms with Crippen LogP contribution in [0.1, 0.15) is 117 Å². The first-order valence-corrected chi connectivity index (χ1v) is 35.1. The van der Waals surface area contributed by atoms with Crippen LogP contribution in [0.5, 0.6) is 5.75 Å². The molecule has 618 valence electrons.